The van der Waals surface area contributed by atoms with Crippen LogP contribution in [-0.2, 0) is 11.3 Å². The fraction of sp³-hybridized carbons (Fsp3) is 0.125. The first-order valence-corrected chi connectivity index (χ1v) is 7.41. The molecule has 1 N–H and O–H groups in total. The van der Waals surface area contributed by atoms with Crippen molar-refractivity contribution >= 4 is 23.1 Å². The van der Waals surface area contributed by atoms with E-state index in [9.17, 15) is 10.1 Å². The lowest BCUT2D eigenvalue weighted by Gasteiger charge is -2.01. The van der Waals surface area contributed by atoms with E-state index in [0.29, 0.717) is 13.2 Å². The van der Waals surface area contributed by atoms with E-state index in [-0.39, 0.29) is 16.7 Å². The Morgan fingerprint density at radius 3 is 2.79 bits per heavy atom. The average Bonchev–Trinajstić information content (AvgIpc) is 2.58. The Morgan fingerprint density at radius 1 is 1.25 bits per heavy atom. The molecule has 0 amide bonds. The number of nitrogens with zero attached hydrogens (tertiary/aromatic N) is 3. The molecule has 0 saturated carbocycles. The van der Waals surface area contributed by atoms with E-state index in [1.54, 1.807) is 12.2 Å². The van der Waals surface area contributed by atoms with E-state index in [2.05, 4.69) is 15.3 Å². The van der Waals surface area contributed by atoms with Crippen LogP contribution in [0, 0.1) is 10.1 Å². The number of hydrogen-bond donors (Lipinski definition) is 1. The highest BCUT2D eigenvalue weighted by atomic mass is 35.5. The SMILES string of the molecule is O=[N+]([O-])c1c(Cl)ncnc1N/C=C/C=C\COCc1ccccc1. The molecule has 0 bridgehead atoms. The smallest absolute Gasteiger partial charge is 0.348 e. The van der Waals surface area contributed by atoms with Gasteiger partial charge in [-0.25, -0.2) is 9.97 Å². The Hall–Kier alpha value is -2.77. The van der Waals surface area contributed by atoms with E-state index in [0.717, 1.165) is 11.9 Å². The number of aromatic nitrogens is 2. The molecule has 0 fully saturated rings. The zero-order chi connectivity index (χ0) is 17.2. The van der Waals surface area contributed by atoms with E-state index in [1.165, 1.54) is 6.20 Å². The summed E-state index contributed by atoms with van der Waals surface area (Å²) in [4.78, 5) is 17.7. The van der Waals surface area contributed by atoms with Crippen molar-refractivity contribution in [2.45, 2.75) is 6.61 Å². The van der Waals surface area contributed by atoms with Crippen LogP contribution in [0.15, 0.2) is 61.1 Å². The third-order valence-corrected chi connectivity index (χ3v) is 3.13. The Labute approximate surface area is 143 Å². The first kappa shape index (κ1) is 17.6. The molecular formula is C16H15ClN4O3. The van der Waals surface area contributed by atoms with Gasteiger partial charge in [0.1, 0.15) is 6.33 Å². The normalized spacial score (nSPS) is 11.2. The second-order valence-electron chi connectivity index (χ2n) is 4.55. The van der Waals surface area contributed by atoms with Crippen molar-refractivity contribution in [3.63, 3.8) is 0 Å². The minimum atomic E-state index is -0.633. The first-order chi connectivity index (χ1) is 11.7. The van der Waals surface area contributed by atoms with Gasteiger partial charge in [-0.2, -0.15) is 0 Å². The summed E-state index contributed by atoms with van der Waals surface area (Å²) in [6.07, 6.45) is 7.92. The van der Waals surface area contributed by atoms with Gasteiger partial charge in [-0.3, -0.25) is 10.1 Å². The van der Waals surface area contributed by atoms with Gasteiger partial charge in [0.2, 0.25) is 11.0 Å². The first-order valence-electron chi connectivity index (χ1n) is 7.03. The summed E-state index contributed by atoms with van der Waals surface area (Å²) in [5, 5.41) is 13.4. The predicted molar refractivity (Wildman–Crippen MR) is 91.7 cm³/mol. The van der Waals surface area contributed by atoms with Crippen LogP contribution in [0.1, 0.15) is 5.56 Å². The van der Waals surface area contributed by atoms with E-state index < -0.39 is 4.92 Å². The second-order valence-corrected chi connectivity index (χ2v) is 4.91. The number of nitro groups is 1. The van der Waals surface area contributed by atoms with Crippen molar-refractivity contribution in [1.82, 2.24) is 9.97 Å². The molecular weight excluding hydrogens is 332 g/mol. The van der Waals surface area contributed by atoms with Gasteiger partial charge in [0.05, 0.1) is 18.1 Å². The van der Waals surface area contributed by atoms with Gasteiger partial charge in [-0.15, -0.1) is 0 Å². The second kappa shape index (κ2) is 9.39. The van der Waals surface area contributed by atoms with Gasteiger partial charge in [0.15, 0.2) is 0 Å². The van der Waals surface area contributed by atoms with Gasteiger partial charge >= 0.3 is 5.69 Å². The number of hydrogen-bond acceptors (Lipinski definition) is 6. The highest BCUT2D eigenvalue weighted by Gasteiger charge is 2.20. The molecule has 2 rings (SSSR count). The van der Waals surface area contributed by atoms with Crippen LogP contribution in [0.5, 0.6) is 0 Å². The highest BCUT2D eigenvalue weighted by molar-refractivity contribution is 6.31. The maximum atomic E-state index is 10.9. The minimum Gasteiger partial charge on any atom is -0.373 e. The Balaban J connectivity index is 1.77. The van der Waals surface area contributed by atoms with Gasteiger partial charge in [0.25, 0.3) is 0 Å². The topological polar surface area (TPSA) is 90.2 Å². The minimum absolute atomic E-state index is 0.0324. The van der Waals surface area contributed by atoms with Gasteiger partial charge < -0.3 is 10.1 Å². The van der Waals surface area contributed by atoms with E-state index in [4.69, 9.17) is 16.3 Å². The molecule has 0 atom stereocenters. The number of anilines is 1. The van der Waals surface area contributed by atoms with Crippen molar-refractivity contribution in [3.05, 3.63) is 81.9 Å². The summed E-state index contributed by atoms with van der Waals surface area (Å²) in [6.45, 7) is 0.998. The fourth-order valence-corrected chi connectivity index (χ4v) is 1.96. The zero-order valence-electron chi connectivity index (χ0n) is 12.6. The Bertz CT molecular complexity index is 735. The van der Waals surface area contributed by atoms with Crippen LogP contribution in [0.3, 0.4) is 0 Å². The lowest BCUT2D eigenvalue weighted by atomic mass is 10.2. The molecule has 124 valence electrons. The summed E-state index contributed by atoms with van der Waals surface area (Å²) in [7, 11) is 0. The molecule has 0 spiro atoms. The van der Waals surface area contributed by atoms with E-state index >= 15 is 0 Å². The molecule has 1 heterocycles. The largest absolute Gasteiger partial charge is 0.373 e. The molecule has 0 unspecified atom stereocenters. The van der Waals surface area contributed by atoms with Crippen LogP contribution in [0.2, 0.25) is 5.15 Å². The third kappa shape index (κ3) is 5.45. The lowest BCUT2D eigenvalue weighted by Crippen LogP contribution is -2.00. The Morgan fingerprint density at radius 2 is 2.04 bits per heavy atom. The molecule has 7 nitrogen and oxygen atoms in total. The summed E-state index contributed by atoms with van der Waals surface area (Å²) in [5.41, 5.74) is 0.745. The maximum Gasteiger partial charge on any atom is 0.348 e. The molecule has 0 aliphatic heterocycles. The monoisotopic (exact) mass is 346 g/mol. The molecule has 2 aromatic rings. The number of ether oxygens (including phenoxy) is 1. The van der Waals surface area contributed by atoms with Crippen molar-refractivity contribution in [3.8, 4) is 0 Å². The number of benzene rings is 1. The summed E-state index contributed by atoms with van der Waals surface area (Å²) < 4.78 is 5.48. The van der Waals surface area contributed by atoms with E-state index in [1.807, 2.05) is 36.4 Å². The van der Waals surface area contributed by atoms with Crippen LogP contribution < -0.4 is 5.32 Å². The zero-order valence-corrected chi connectivity index (χ0v) is 13.4. The Kier molecular flexibility index (Phi) is 6.88. The summed E-state index contributed by atoms with van der Waals surface area (Å²) in [6, 6.07) is 9.86. The molecule has 8 heteroatoms. The van der Waals surface area contributed by atoms with Crippen molar-refractivity contribution in [1.29, 1.82) is 0 Å². The molecule has 1 aromatic carbocycles. The standard InChI is InChI=1S/C16H15ClN4O3/c17-15-14(21(22)23)16(20-12-19-15)18-9-5-2-6-10-24-11-13-7-3-1-4-8-13/h1-9,12H,10-11H2,(H,18,19,20)/b6-2-,9-5+. The van der Waals surface area contributed by atoms with Gasteiger partial charge in [-0.05, 0) is 11.6 Å². The summed E-state index contributed by atoms with van der Waals surface area (Å²) >= 11 is 5.68. The quantitative estimate of drug-likeness (QED) is 0.257. The highest BCUT2D eigenvalue weighted by Crippen LogP contribution is 2.28. The lowest BCUT2D eigenvalue weighted by molar-refractivity contribution is -0.384. The van der Waals surface area contributed by atoms with Crippen LogP contribution in [0.4, 0.5) is 11.5 Å². The number of nitrogens with one attached hydrogen (secondary N) is 1. The molecule has 0 saturated heterocycles. The molecule has 0 aliphatic carbocycles. The molecule has 0 aliphatic rings. The van der Waals surface area contributed by atoms with Gasteiger partial charge in [0, 0.05) is 6.20 Å². The van der Waals surface area contributed by atoms with Crippen molar-refractivity contribution in [2.24, 2.45) is 0 Å². The molecule has 24 heavy (non-hydrogen) atoms. The van der Waals surface area contributed by atoms with Crippen molar-refractivity contribution < 1.29 is 9.66 Å². The third-order valence-electron chi connectivity index (χ3n) is 2.85. The van der Waals surface area contributed by atoms with Crippen LogP contribution >= 0.6 is 11.6 Å². The number of rotatable bonds is 8. The predicted octanol–water partition coefficient (Wildman–Crippen LogP) is 3.74. The fourth-order valence-electron chi connectivity index (χ4n) is 1.76. The average molecular weight is 347 g/mol. The number of halogens is 1. The van der Waals surface area contributed by atoms with Crippen LogP contribution in [0.25, 0.3) is 0 Å². The maximum absolute atomic E-state index is 10.9. The molecule has 0 radical (unpaired) electrons. The molecule has 1 aromatic heterocycles. The summed E-state index contributed by atoms with van der Waals surface area (Å²) in [5.74, 6) is 0.0324. The van der Waals surface area contributed by atoms with Gasteiger partial charge in [-0.1, -0.05) is 54.1 Å². The van der Waals surface area contributed by atoms with Crippen molar-refractivity contribution in [2.75, 3.05) is 11.9 Å². The van der Waals surface area contributed by atoms with Crippen LogP contribution in [-0.4, -0.2) is 21.5 Å². The number of allylic oxidation sites excluding steroid dienone is 2.